The molecule has 1 aromatic rings. The summed E-state index contributed by atoms with van der Waals surface area (Å²) in [6, 6.07) is 1.94. The highest BCUT2D eigenvalue weighted by Gasteiger charge is 2.26. The molecule has 2 heterocycles. The van der Waals surface area contributed by atoms with Crippen LogP contribution in [0.4, 0.5) is 0 Å². The Kier molecular flexibility index (Phi) is 3.86. The number of nitrogens with zero attached hydrogens (tertiary/aromatic N) is 1. The fourth-order valence-corrected chi connectivity index (χ4v) is 3.27. The van der Waals surface area contributed by atoms with Gasteiger partial charge in [0.1, 0.15) is 0 Å². The number of amides is 1. The number of hydrogen-bond donors (Lipinski definition) is 0. The van der Waals surface area contributed by atoms with E-state index in [1.165, 1.54) is 0 Å². The van der Waals surface area contributed by atoms with Gasteiger partial charge in [0, 0.05) is 18.5 Å². The summed E-state index contributed by atoms with van der Waals surface area (Å²) in [5.41, 5.74) is 0.802. The lowest BCUT2D eigenvalue weighted by atomic mass is 10.2. The minimum atomic E-state index is 0.126. The van der Waals surface area contributed by atoms with Gasteiger partial charge in [-0.15, -0.1) is 11.3 Å². The van der Waals surface area contributed by atoms with Gasteiger partial charge in [0.15, 0.2) is 0 Å². The van der Waals surface area contributed by atoms with Crippen LogP contribution in [0.2, 0.25) is 0 Å². The zero-order valence-corrected chi connectivity index (χ0v) is 12.2. The molecule has 2 rings (SSSR count). The van der Waals surface area contributed by atoms with Crippen LogP contribution < -0.4 is 0 Å². The van der Waals surface area contributed by atoms with Gasteiger partial charge < -0.3 is 9.64 Å². The molecule has 1 aliphatic heterocycles. The second-order valence-electron chi connectivity index (χ2n) is 4.11. The van der Waals surface area contributed by atoms with Crippen molar-refractivity contribution >= 4 is 39.8 Å². The van der Waals surface area contributed by atoms with Crippen LogP contribution in [0, 0.1) is 2.88 Å². The first-order valence-electron chi connectivity index (χ1n) is 5.25. The molecule has 0 spiro atoms. The summed E-state index contributed by atoms with van der Waals surface area (Å²) >= 11 is 3.84. The molecule has 88 valence electrons. The van der Waals surface area contributed by atoms with E-state index in [-0.39, 0.29) is 18.1 Å². The van der Waals surface area contributed by atoms with Crippen molar-refractivity contribution in [3.8, 4) is 0 Å². The molecule has 1 aliphatic rings. The van der Waals surface area contributed by atoms with Crippen molar-refractivity contribution in [2.45, 2.75) is 26.1 Å². The van der Waals surface area contributed by atoms with Crippen molar-refractivity contribution in [2.75, 3.05) is 13.1 Å². The Bertz CT molecular complexity index is 383. The van der Waals surface area contributed by atoms with Crippen molar-refractivity contribution in [1.29, 1.82) is 0 Å². The molecule has 0 N–H and O–H groups in total. The van der Waals surface area contributed by atoms with E-state index < -0.39 is 0 Å². The SMILES string of the molecule is C[C@@H]1CN(C(=O)c2csc(I)c2)C[C@H](C)O1. The van der Waals surface area contributed by atoms with Crippen LogP contribution in [0.25, 0.3) is 0 Å². The first-order valence-corrected chi connectivity index (χ1v) is 7.21. The molecule has 1 saturated heterocycles. The summed E-state index contributed by atoms with van der Waals surface area (Å²) in [6.45, 7) is 5.39. The molecule has 1 fully saturated rings. The Morgan fingerprint density at radius 2 is 2.12 bits per heavy atom. The molecule has 1 aromatic heterocycles. The zero-order valence-electron chi connectivity index (χ0n) is 9.27. The molecule has 0 aliphatic carbocycles. The van der Waals surface area contributed by atoms with Crippen molar-refractivity contribution < 1.29 is 9.53 Å². The molecular weight excluding hydrogens is 337 g/mol. The van der Waals surface area contributed by atoms with E-state index in [9.17, 15) is 4.79 Å². The van der Waals surface area contributed by atoms with E-state index in [2.05, 4.69) is 22.6 Å². The second-order valence-corrected chi connectivity index (χ2v) is 6.91. The summed E-state index contributed by atoms with van der Waals surface area (Å²) in [6.07, 6.45) is 0.260. The highest BCUT2D eigenvalue weighted by Crippen LogP contribution is 2.20. The molecule has 0 unspecified atom stereocenters. The van der Waals surface area contributed by atoms with E-state index in [4.69, 9.17) is 4.74 Å². The van der Waals surface area contributed by atoms with E-state index in [1.807, 2.05) is 30.2 Å². The van der Waals surface area contributed by atoms with Crippen LogP contribution in [0.5, 0.6) is 0 Å². The highest BCUT2D eigenvalue weighted by atomic mass is 127. The Balaban J connectivity index is 2.09. The Labute approximate surface area is 113 Å². The third-order valence-corrected chi connectivity index (χ3v) is 4.31. The standard InChI is InChI=1S/C11H14INO2S/c1-7-4-13(5-8(2)15-7)11(14)9-3-10(12)16-6-9/h3,6-8H,4-5H2,1-2H3/t7-,8+. The monoisotopic (exact) mass is 351 g/mol. The van der Waals surface area contributed by atoms with Gasteiger partial charge in [0.25, 0.3) is 5.91 Å². The average molecular weight is 351 g/mol. The summed E-state index contributed by atoms with van der Waals surface area (Å²) in [7, 11) is 0. The molecule has 0 bridgehead atoms. The van der Waals surface area contributed by atoms with Crippen LogP contribution >= 0.6 is 33.9 Å². The number of carbonyl (C=O) groups excluding carboxylic acids is 1. The predicted molar refractivity (Wildman–Crippen MR) is 72.9 cm³/mol. The minimum absolute atomic E-state index is 0.126. The molecular formula is C11H14INO2S. The van der Waals surface area contributed by atoms with Crippen molar-refractivity contribution in [3.05, 3.63) is 19.9 Å². The molecule has 2 atom stereocenters. The van der Waals surface area contributed by atoms with Gasteiger partial charge >= 0.3 is 0 Å². The van der Waals surface area contributed by atoms with Gasteiger partial charge in [-0.25, -0.2) is 0 Å². The molecule has 1 amide bonds. The van der Waals surface area contributed by atoms with Gasteiger partial charge in [-0.1, -0.05) is 0 Å². The highest BCUT2D eigenvalue weighted by molar-refractivity contribution is 14.1. The number of ether oxygens (including phenoxy) is 1. The minimum Gasteiger partial charge on any atom is -0.372 e. The normalized spacial score (nSPS) is 25.8. The van der Waals surface area contributed by atoms with Crippen LogP contribution in [0.3, 0.4) is 0 Å². The third-order valence-electron chi connectivity index (χ3n) is 2.52. The molecule has 16 heavy (non-hydrogen) atoms. The van der Waals surface area contributed by atoms with Gasteiger partial charge in [-0.05, 0) is 42.5 Å². The Morgan fingerprint density at radius 3 is 2.62 bits per heavy atom. The predicted octanol–water partition coefficient (Wildman–Crippen LogP) is 2.60. The average Bonchev–Trinajstić information content (AvgIpc) is 2.62. The molecule has 0 radical (unpaired) electrons. The lowest BCUT2D eigenvalue weighted by molar-refractivity contribution is -0.0586. The number of hydrogen-bond acceptors (Lipinski definition) is 3. The first kappa shape index (κ1) is 12.3. The number of halogens is 1. The maximum atomic E-state index is 12.2. The topological polar surface area (TPSA) is 29.5 Å². The Morgan fingerprint density at radius 1 is 1.50 bits per heavy atom. The van der Waals surface area contributed by atoms with Crippen LogP contribution in [0.15, 0.2) is 11.4 Å². The second kappa shape index (κ2) is 5.01. The van der Waals surface area contributed by atoms with Gasteiger partial charge in [0.2, 0.25) is 0 Å². The van der Waals surface area contributed by atoms with Gasteiger partial charge in [0.05, 0.1) is 20.7 Å². The van der Waals surface area contributed by atoms with Gasteiger partial charge in [-0.2, -0.15) is 0 Å². The maximum absolute atomic E-state index is 12.2. The van der Waals surface area contributed by atoms with Crippen LogP contribution in [0.1, 0.15) is 24.2 Å². The van der Waals surface area contributed by atoms with E-state index in [1.54, 1.807) is 11.3 Å². The lowest BCUT2D eigenvalue weighted by Crippen LogP contribution is -2.48. The lowest BCUT2D eigenvalue weighted by Gasteiger charge is -2.35. The van der Waals surface area contributed by atoms with Crippen LogP contribution in [-0.4, -0.2) is 36.1 Å². The first-order chi connectivity index (χ1) is 7.56. The largest absolute Gasteiger partial charge is 0.372 e. The smallest absolute Gasteiger partial charge is 0.254 e. The maximum Gasteiger partial charge on any atom is 0.254 e. The summed E-state index contributed by atoms with van der Waals surface area (Å²) in [4.78, 5) is 14.1. The number of rotatable bonds is 1. The van der Waals surface area contributed by atoms with Crippen molar-refractivity contribution in [2.24, 2.45) is 0 Å². The number of thiophene rings is 1. The van der Waals surface area contributed by atoms with E-state index in [0.717, 1.165) is 8.45 Å². The van der Waals surface area contributed by atoms with Gasteiger partial charge in [-0.3, -0.25) is 4.79 Å². The quantitative estimate of drug-likeness (QED) is 0.728. The molecule has 0 saturated carbocycles. The summed E-state index contributed by atoms with van der Waals surface area (Å²) in [5, 5.41) is 1.93. The summed E-state index contributed by atoms with van der Waals surface area (Å²) < 4.78 is 6.76. The van der Waals surface area contributed by atoms with Crippen molar-refractivity contribution in [3.63, 3.8) is 0 Å². The molecule has 3 nitrogen and oxygen atoms in total. The fraction of sp³-hybridized carbons (Fsp3) is 0.545. The molecule has 5 heteroatoms. The number of carbonyl (C=O) groups is 1. The van der Waals surface area contributed by atoms with E-state index >= 15 is 0 Å². The summed E-state index contributed by atoms with van der Waals surface area (Å²) in [5.74, 6) is 0.126. The molecule has 0 aromatic carbocycles. The Hall–Kier alpha value is -0.140. The third kappa shape index (κ3) is 2.75. The van der Waals surface area contributed by atoms with E-state index in [0.29, 0.717) is 13.1 Å². The number of morpholine rings is 1. The fourth-order valence-electron chi connectivity index (χ4n) is 1.95. The van der Waals surface area contributed by atoms with Crippen molar-refractivity contribution in [1.82, 2.24) is 4.90 Å². The zero-order chi connectivity index (χ0) is 11.7. The van der Waals surface area contributed by atoms with Crippen LogP contribution in [-0.2, 0) is 4.74 Å².